The quantitative estimate of drug-likeness (QED) is 0.622. The lowest BCUT2D eigenvalue weighted by atomic mass is 10.1. The molecule has 0 aliphatic carbocycles. The molecule has 4 rings (SSSR count). The Labute approximate surface area is 183 Å². The monoisotopic (exact) mass is 449 g/mol. The van der Waals surface area contributed by atoms with Gasteiger partial charge in [-0.3, -0.25) is 0 Å². The van der Waals surface area contributed by atoms with Gasteiger partial charge in [0.2, 0.25) is 5.95 Å². The molecule has 0 saturated carbocycles. The predicted molar refractivity (Wildman–Crippen MR) is 118 cm³/mol. The fraction of sp³-hybridized carbons (Fsp3) is 0.350. The normalized spacial score (nSPS) is 14.9. The smallest absolute Gasteiger partial charge is 0.220 e. The number of piperidine rings is 1. The van der Waals surface area contributed by atoms with Crippen molar-refractivity contribution >= 4 is 45.9 Å². The number of ether oxygens (including phenoxy) is 2. The number of halogens is 2. The molecule has 1 aliphatic heterocycles. The number of pyridine rings is 1. The van der Waals surface area contributed by atoms with Gasteiger partial charge in [0.15, 0.2) is 5.82 Å². The van der Waals surface area contributed by atoms with Crippen LogP contribution in [-0.2, 0) is 0 Å². The van der Waals surface area contributed by atoms with E-state index in [4.69, 9.17) is 43.4 Å². The van der Waals surface area contributed by atoms with Gasteiger partial charge in [-0.2, -0.15) is 0 Å². The van der Waals surface area contributed by atoms with Crippen molar-refractivity contribution in [2.75, 3.05) is 37.9 Å². The van der Waals surface area contributed by atoms with Crippen LogP contribution in [0.4, 0.5) is 11.8 Å². The molecule has 1 aliphatic rings. The molecule has 30 heavy (non-hydrogen) atoms. The molecular formula is C20H21Cl2N5O3. The summed E-state index contributed by atoms with van der Waals surface area (Å²) >= 11 is 13.2. The molecule has 1 saturated heterocycles. The molecule has 10 heteroatoms. The summed E-state index contributed by atoms with van der Waals surface area (Å²) in [6, 6.07) is 3.44. The second kappa shape index (κ2) is 8.29. The van der Waals surface area contributed by atoms with Gasteiger partial charge >= 0.3 is 0 Å². The fourth-order valence-corrected chi connectivity index (χ4v) is 4.27. The average Bonchev–Trinajstić information content (AvgIpc) is 2.74. The van der Waals surface area contributed by atoms with Crippen molar-refractivity contribution in [2.24, 2.45) is 0 Å². The number of hydrogen-bond donors (Lipinski definition) is 2. The molecule has 0 bridgehead atoms. The summed E-state index contributed by atoms with van der Waals surface area (Å²) in [4.78, 5) is 15.4. The van der Waals surface area contributed by atoms with E-state index in [0.717, 1.165) is 5.39 Å². The Balaban J connectivity index is 1.96. The SMILES string of the molecule is COc1cc(OC)c(Cl)c(-c2cc3cnc(N)nc3c(N3CCC(O)CC3)n2)c1Cl. The predicted octanol–water partition coefficient (Wildman–Crippen LogP) is 3.56. The maximum absolute atomic E-state index is 9.90. The van der Waals surface area contributed by atoms with E-state index in [1.807, 2.05) is 6.07 Å². The van der Waals surface area contributed by atoms with E-state index in [9.17, 15) is 5.11 Å². The highest BCUT2D eigenvalue weighted by atomic mass is 35.5. The largest absolute Gasteiger partial charge is 0.495 e. The Morgan fingerprint density at radius 1 is 1.07 bits per heavy atom. The second-order valence-corrected chi connectivity index (χ2v) is 7.76. The van der Waals surface area contributed by atoms with Gasteiger partial charge in [-0.05, 0) is 18.9 Å². The van der Waals surface area contributed by atoms with E-state index in [2.05, 4.69) is 14.9 Å². The summed E-state index contributed by atoms with van der Waals surface area (Å²) in [6.07, 6.45) is 2.61. The molecule has 0 spiro atoms. The molecule has 0 radical (unpaired) electrons. The minimum atomic E-state index is -0.318. The fourth-order valence-electron chi connectivity index (χ4n) is 3.57. The Kier molecular flexibility index (Phi) is 5.73. The summed E-state index contributed by atoms with van der Waals surface area (Å²) in [5, 5.41) is 11.3. The number of benzene rings is 1. The maximum Gasteiger partial charge on any atom is 0.220 e. The molecule has 0 amide bonds. The van der Waals surface area contributed by atoms with E-state index >= 15 is 0 Å². The van der Waals surface area contributed by atoms with Crippen LogP contribution >= 0.6 is 23.2 Å². The first-order chi connectivity index (χ1) is 14.4. The molecule has 8 nitrogen and oxygen atoms in total. The summed E-state index contributed by atoms with van der Waals surface area (Å²) in [6.45, 7) is 1.28. The average molecular weight is 450 g/mol. The van der Waals surface area contributed by atoms with Gasteiger partial charge in [0.25, 0.3) is 0 Å². The number of nitrogens with two attached hydrogens (primary N) is 1. The molecule has 3 N–H and O–H groups in total. The molecule has 2 aromatic heterocycles. The van der Waals surface area contributed by atoms with Crippen LogP contribution in [-0.4, -0.2) is 53.5 Å². The molecule has 0 unspecified atom stereocenters. The van der Waals surface area contributed by atoms with Crippen molar-refractivity contribution in [3.63, 3.8) is 0 Å². The van der Waals surface area contributed by atoms with Crippen molar-refractivity contribution in [1.29, 1.82) is 0 Å². The molecule has 158 valence electrons. The highest BCUT2D eigenvalue weighted by Crippen LogP contribution is 2.46. The zero-order valence-electron chi connectivity index (χ0n) is 16.5. The molecule has 1 aromatic carbocycles. The summed E-state index contributed by atoms with van der Waals surface area (Å²) in [7, 11) is 3.04. The van der Waals surface area contributed by atoms with Crippen LogP contribution in [0.1, 0.15) is 12.8 Å². The molecule has 3 aromatic rings. The third-order valence-electron chi connectivity index (χ3n) is 5.16. The van der Waals surface area contributed by atoms with Gasteiger partial charge in [0.1, 0.15) is 17.0 Å². The summed E-state index contributed by atoms with van der Waals surface area (Å²) in [5.74, 6) is 1.64. The first kappa shape index (κ1) is 20.7. The number of anilines is 2. The van der Waals surface area contributed by atoms with Crippen molar-refractivity contribution in [1.82, 2.24) is 15.0 Å². The lowest BCUT2D eigenvalue weighted by molar-refractivity contribution is 0.145. The highest BCUT2D eigenvalue weighted by Gasteiger charge is 2.25. The van der Waals surface area contributed by atoms with E-state index in [1.165, 1.54) is 14.2 Å². The molecule has 0 atom stereocenters. The van der Waals surface area contributed by atoms with Crippen molar-refractivity contribution in [2.45, 2.75) is 18.9 Å². The van der Waals surface area contributed by atoms with Crippen LogP contribution < -0.4 is 20.1 Å². The number of aliphatic hydroxyl groups is 1. The Bertz CT molecular complexity index is 1080. The zero-order chi connectivity index (χ0) is 21.4. The summed E-state index contributed by atoms with van der Waals surface area (Å²) in [5.41, 5.74) is 7.49. The maximum atomic E-state index is 9.90. The van der Waals surface area contributed by atoms with Gasteiger partial charge in [-0.15, -0.1) is 0 Å². The summed E-state index contributed by atoms with van der Waals surface area (Å²) < 4.78 is 10.8. The lowest BCUT2D eigenvalue weighted by Gasteiger charge is -2.31. The first-order valence-corrected chi connectivity index (χ1v) is 10.1. The van der Waals surface area contributed by atoms with Crippen LogP contribution in [0.3, 0.4) is 0 Å². The topological polar surface area (TPSA) is 107 Å². The molecular weight excluding hydrogens is 429 g/mol. The van der Waals surface area contributed by atoms with Gasteiger partial charge in [-0.1, -0.05) is 23.2 Å². The number of rotatable bonds is 4. The number of hydrogen-bond acceptors (Lipinski definition) is 8. The molecule has 1 fully saturated rings. The van der Waals surface area contributed by atoms with Crippen molar-refractivity contribution in [3.05, 3.63) is 28.4 Å². The Hall–Kier alpha value is -2.55. The van der Waals surface area contributed by atoms with Crippen molar-refractivity contribution in [3.8, 4) is 22.8 Å². The zero-order valence-corrected chi connectivity index (χ0v) is 18.0. The standard InChI is InChI=1S/C20H21Cl2N5O3/c1-29-13-8-14(30-2)17(22)15(16(13)21)12-7-10-9-24-20(23)26-18(10)19(25-12)27-5-3-11(28)4-6-27/h7-9,11,28H,3-6H2,1-2H3,(H2,23,24,26). The number of aromatic nitrogens is 3. The van der Waals surface area contributed by atoms with Crippen LogP contribution in [0.5, 0.6) is 11.5 Å². The lowest BCUT2D eigenvalue weighted by Crippen LogP contribution is -2.36. The van der Waals surface area contributed by atoms with Gasteiger partial charge in [0.05, 0.1) is 36.1 Å². The van der Waals surface area contributed by atoms with Gasteiger partial charge in [-0.25, -0.2) is 15.0 Å². The van der Waals surface area contributed by atoms with Crippen LogP contribution in [0.2, 0.25) is 10.0 Å². The van der Waals surface area contributed by atoms with Gasteiger partial charge < -0.3 is 25.2 Å². The van der Waals surface area contributed by atoms with E-state index in [1.54, 1.807) is 12.3 Å². The third kappa shape index (κ3) is 3.66. The van der Waals surface area contributed by atoms with Crippen molar-refractivity contribution < 1.29 is 14.6 Å². The second-order valence-electron chi connectivity index (χ2n) is 7.00. The minimum absolute atomic E-state index is 0.162. The van der Waals surface area contributed by atoms with E-state index < -0.39 is 0 Å². The van der Waals surface area contributed by atoms with Crippen LogP contribution in [0, 0.1) is 0 Å². The highest BCUT2D eigenvalue weighted by molar-refractivity contribution is 6.41. The Morgan fingerprint density at radius 3 is 2.30 bits per heavy atom. The number of aliphatic hydroxyl groups excluding tert-OH is 1. The number of nitrogen functional groups attached to an aromatic ring is 1. The number of nitrogens with zero attached hydrogens (tertiary/aromatic N) is 4. The first-order valence-electron chi connectivity index (χ1n) is 9.39. The molecule has 3 heterocycles. The van der Waals surface area contributed by atoms with E-state index in [0.29, 0.717) is 70.1 Å². The van der Waals surface area contributed by atoms with Crippen LogP contribution in [0.15, 0.2) is 18.3 Å². The van der Waals surface area contributed by atoms with Crippen LogP contribution in [0.25, 0.3) is 22.2 Å². The number of methoxy groups -OCH3 is 2. The number of fused-ring (bicyclic) bond motifs is 1. The minimum Gasteiger partial charge on any atom is -0.495 e. The third-order valence-corrected chi connectivity index (χ3v) is 5.91. The van der Waals surface area contributed by atoms with E-state index in [-0.39, 0.29) is 12.1 Å². The van der Waals surface area contributed by atoms with Gasteiger partial charge in [0, 0.05) is 36.3 Å². The Morgan fingerprint density at radius 2 is 1.70 bits per heavy atom.